The fraction of sp³-hybridized carbons (Fsp3) is 0.500. The Kier molecular flexibility index (Phi) is 4.61. The van der Waals surface area contributed by atoms with E-state index in [1.165, 1.54) is 0 Å². The second-order valence-electron chi connectivity index (χ2n) is 4.06. The molecule has 1 atom stereocenters. The van der Waals surface area contributed by atoms with E-state index in [9.17, 15) is 0 Å². The van der Waals surface area contributed by atoms with Crippen molar-refractivity contribution in [2.45, 2.75) is 32.2 Å². The molecule has 2 nitrogen and oxygen atoms in total. The van der Waals surface area contributed by atoms with E-state index in [-0.39, 0.29) is 5.54 Å². The minimum atomic E-state index is -0.119. The molecule has 84 valence electrons. The molecule has 0 aliphatic carbocycles. The standard InChI is InChI=1S/C12H18BrNO/c1-3-12(2,14)7-8-15-11-6-4-5-10(13)9-11/h4-6,9H,3,7-8,14H2,1-2H3. The molecule has 2 N–H and O–H groups in total. The number of nitrogens with two attached hydrogens (primary N) is 1. The van der Waals surface area contributed by atoms with Crippen LogP contribution in [-0.2, 0) is 0 Å². The molecular formula is C12H18BrNO. The number of hydrogen-bond acceptors (Lipinski definition) is 2. The van der Waals surface area contributed by atoms with Crippen LogP contribution >= 0.6 is 15.9 Å². The average Bonchev–Trinajstić information content (AvgIpc) is 2.18. The highest BCUT2D eigenvalue weighted by molar-refractivity contribution is 9.10. The second-order valence-corrected chi connectivity index (χ2v) is 4.98. The lowest BCUT2D eigenvalue weighted by Gasteiger charge is -2.22. The molecule has 1 rings (SSSR count). The van der Waals surface area contributed by atoms with Gasteiger partial charge in [0, 0.05) is 10.0 Å². The van der Waals surface area contributed by atoms with E-state index in [0.717, 1.165) is 23.1 Å². The molecule has 0 fully saturated rings. The highest BCUT2D eigenvalue weighted by Crippen LogP contribution is 2.19. The molecule has 0 bridgehead atoms. The largest absolute Gasteiger partial charge is 0.493 e. The van der Waals surface area contributed by atoms with Gasteiger partial charge in [0.15, 0.2) is 0 Å². The Labute approximate surface area is 99.9 Å². The van der Waals surface area contributed by atoms with Crippen LogP contribution in [0.4, 0.5) is 0 Å². The topological polar surface area (TPSA) is 35.2 Å². The van der Waals surface area contributed by atoms with Crippen LogP contribution in [0.5, 0.6) is 5.75 Å². The van der Waals surface area contributed by atoms with Gasteiger partial charge in [-0.15, -0.1) is 0 Å². The SMILES string of the molecule is CCC(C)(N)CCOc1cccc(Br)c1. The van der Waals surface area contributed by atoms with Crippen molar-refractivity contribution < 1.29 is 4.74 Å². The third-order valence-corrected chi connectivity index (χ3v) is 3.04. The predicted octanol–water partition coefficient (Wildman–Crippen LogP) is 3.35. The lowest BCUT2D eigenvalue weighted by atomic mass is 9.97. The van der Waals surface area contributed by atoms with E-state index in [4.69, 9.17) is 10.5 Å². The molecule has 0 spiro atoms. The lowest BCUT2D eigenvalue weighted by molar-refractivity contribution is 0.262. The van der Waals surface area contributed by atoms with Crippen molar-refractivity contribution in [2.24, 2.45) is 5.73 Å². The normalized spacial score (nSPS) is 14.7. The molecule has 1 unspecified atom stereocenters. The molecule has 0 radical (unpaired) electrons. The van der Waals surface area contributed by atoms with Crippen molar-refractivity contribution in [1.29, 1.82) is 0 Å². The molecule has 0 saturated heterocycles. The Morgan fingerprint density at radius 1 is 1.47 bits per heavy atom. The fourth-order valence-corrected chi connectivity index (χ4v) is 1.51. The average molecular weight is 272 g/mol. The van der Waals surface area contributed by atoms with Gasteiger partial charge in [0.1, 0.15) is 5.75 Å². The van der Waals surface area contributed by atoms with Crippen molar-refractivity contribution in [3.8, 4) is 5.75 Å². The van der Waals surface area contributed by atoms with Crippen LogP contribution in [0, 0.1) is 0 Å². The molecule has 15 heavy (non-hydrogen) atoms. The fourth-order valence-electron chi connectivity index (χ4n) is 1.14. The van der Waals surface area contributed by atoms with Crippen LogP contribution < -0.4 is 10.5 Å². The Bertz CT molecular complexity index is 312. The Hall–Kier alpha value is -0.540. The van der Waals surface area contributed by atoms with Gasteiger partial charge in [0.2, 0.25) is 0 Å². The molecule has 1 aromatic rings. The Morgan fingerprint density at radius 2 is 2.20 bits per heavy atom. The number of benzene rings is 1. The summed E-state index contributed by atoms with van der Waals surface area (Å²) in [6.45, 7) is 4.81. The maximum Gasteiger partial charge on any atom is 0.120 e. The van der Waals surface area contributed by atoms with Gasteiger partial charge in [-0.1, -0.05) is 28.9 Å². The smallest absolute Gasteiger partial charge is 0.120 e. The second kappa shape index (κ2) is 5.52. The Morgan fingerprint density at radius 3 is 2.80 bits per heavy atom. The van der Waals surface area contributed by atoms with Gasteiger partial charge in [-0.05, 0) is 38.0 Å². The van der Waals surface area contributed by atoms with E-state index in [1.807, 2.05) is 24.3 Å². The lowest BCUT2D eigenvalue weighted by Crippen LogP contribution is -2.36. The molecule has 3 heteroatoms. The van der Waals surface area contributed by atoms with Crippen molar-refractivity contribution >= 4 is 15.9 Å². The third-order valence-electron chi connectivity index (χ3n) is 2.55. The molecule has 0 aliphatic rings. The summed E-state index contributed by atoms with van der Waals surface area (Å²) >= 11 is 3.40. The minimum Gasteiger partial charge on any atom is -0.493 e. The highest BCUT2D eigenvalue weighted by atomic mass is 79.9. The van der Waals surface area contributed by atoms with Crippen LogP contribution in [0.2, 0.25) is 0 Å². The van der Waals surface area contributed by atoms with Crippen LogP contribution in [0.25, 0.3) is 0 Å². The van der Waals surface area contributed by atoms with Crippen molar-refractivity contribution in [1.82, 2.24) is 0 Å². The summed E-state index contributed by atoms with van der Waals surface area (Å²) in [6, 6.07) is 7.84. The zero-order valence-electron chi connectivity index (χ0n) is 9.29. The molecular weight excluding hydrogens is 254 g/mol. The highest BCUT2D eigenvalue weighted by Gasteiger charge is 2.14. The Balaban J connectivity index is 2.38. The maximum atomic E-state index is 6.02. The van der Waals surface area contributed by atoms with E-state index in [2.05, 4.69) is 29.8 Å². The first-order chi connectivity index (χ1) is 7.03. The van der Waals surface area contributed by atoms with E-state index in [0.29, 0.717) is 6.61 Å². The molecule has 0 saturated carbocycles. The number of rotatable bonds is 5. The minimum absolute atomic E-state index is 0.119. The van der Waals surface area contributed by atoms with E-state index < -0.39 is 0 Å². The summed E-state index contributed by atoms with van der Waals surface area (Å²) in [7, 11) is 0. The number of ether oxygens (including phenoxy) is 1. The molecule has 0 aromatic heterocycles. The van der Waals surface area contributed by atoms with Gasteiger partial charge in [0.25, 0.3) is 0 Å². The summed E-state index contributed by atoms with van der Waals surface area (Å²) in [5.74, 6) is 0.885. The molecule has 0 heterocycles. The summed E-state index contributed by atoms with van der Waals surface area (Å²) in [6.07, 6.45) is 1.84. The zero-order chi connectivity index (χ0) is 11.3. The van der Waals surface area contributed by atoms with Gasteiger partial charge in [0.05, 0.1) is 6.61 Å². The summed E-state index contributed by atoms with van der Waals surface area (Å²) in [5, 5.41) is 0. The molecule has 1 aromatic carbocycles. The van der Waals surface area contributed by atoms with Gasteiger partial charge >= 0.3 is 0 Å². The zero-order valence-corrected chi connectivity index (χ0v) is 10.9. The summed E-state index contributed by atoms with van der Waals surface area (Å²) < 4.78 is 6.65. The summed E-state index contributed by atoms with van der Waals surface area (Å²) in [4.78, 5) is 0. The van der Waals surface area contributed by atoms with Crippen LogP contribution in [0.1, 0.15) is 26.7 Å². The number of hydrogen-bond donors (Lipinski definition) is 1. The van der Waals surface area contributed by atoms with Crippen LogP contribution in [-0.4, -0.2) is 12.1 Å². The van der Waals surface area contributed by atoms with Crippen LogP contribution in [0.3, 0.4) is 0 Å². The van der Waals surface area contributed by atoms with E-state index >= 15 is 0 Å². The van der Waals surface area contributed by atoms with Gasteiger partial charge < -0.3 is 10.5 Å². The molecule has 0 amide bonds. The van der Waals surface area contributed by atoms with Crippen LogP contribution in [0.15, 0.2) is 28.7 Å². The first-order valence-corrected chi connectivity index (χ1v) is 6.00. The molecule has 0 aliphatic heterocycles. The van der Waals surface area contributed by atoms with Crippen molar-refractivity contribution in [3.05, 3.63) is 28.7 Å². The van der Waals surface area contributed by atoms with Crippen molar-refractivity contribution in [3.63, 3.8) is 0 Å². The van der Waals surface area contributed by atoms with E-state index in [1.54, 1.807) is 0 Å². The third kappa shape index (κ3) is 4.67. The monoisotopic (exact) mass is 271 g/mol. The number of halogens is 1. The summed E-state index contributed by atoms with van der Waals surface area (Å²) in [5.41, 5.74) is 5.90. The maximum absolute atomic E-state index is 6.02. The van der Waals surface area contributed by atoms with Crippen molar-refractivity contribution in [2.75, 3.05) is 6.61 Å². The van der Waals surface area contributed by atoms with Gasteiger partial charge in [-0.3, -0.25) is 0 Å². The quantitative estimate of drug-likeness (QED) is 0.892. The predicted molar refractivity (Wildman–Crippen MR) is 67.1 cm³/mol. The van der Waals surface area contributed by atoms with Gasteiger partial charge in [-0.2, -0.15) is 0 Å². The first-order valence-electron chi connectivity index (χ1n) is 5.21. The van der Waals surface area contributed by atoms with Gasteiger partial charge in [-0.25, -0.2) is 0 Å². The first kappa shape index (κ1) is 12.5.